The molecule has 0 amide bonds. The average Bonchev–Trinajstić information content (AvgIpc) is 3.15. The second-order valence-electron chi connectivity index (χ2n) is 9.61. The summed E-state index contributed by atoms with van der Waals surface area (Å²) in [6.45, 7) is 2.55. The van der Waals surface area contributed by atoms with Crippen LogP contribution in [-0.4, -0.2) is 16.2 Å². The topological polar surface area (TPSA) is 27.1 Å². The van der Waals surface area contributed by atoms with Gasteiger partial charge in [-0.05, 0) is 91.1 Å². The number of hydrogen-bond donors (Lipinski definition) is 0. The van der Waals surface area contributed by atoms with Crippen LogP contribution in [0.4, 0.5) is 13.2 Å². The van der Waals surface area contributed by atoms with E-state index >= 15 is 0 Å². The number of imidazole rings is 1. The molecule has 1 heterocycles. The molecule has 0 bridgehead atoms. The van der Waals surface area contributed by atoms with Crippen molar-refractivity contribution < 1.29 is 17.9 Å². The van der Waals surface area contributed by atoms with Gasteiger partial charge in [0.1, 0.15) is 11.6 Å². The van der Waals surface area contributed by atoms with Crippen LogP contribution in [0.1, 0.15) is 48.6 Å². The van der Waals surface area contributed by atoms with Gasteiger partial charge < -0.3 is 9.30 Å². The van der Waals surface area contributed by atoms with Crippen LogP contribution in [0, 0.1) is 12.8 Å². The highest BCUT2D eigenvalue weighted by molar-refractivity contribution is 5.82. The van der Waals surface area contributed by atoms with Crippen LogP contribution in [0.3, 0.4) is 0 Å². The minimum absolute atomic E-state index is 0.394. The van der Waals surface area contributed by atoms with E-state index in [0.717, 1.165) is 60.2 Å². The first kappa shape index (κ1) is 23.5. The Hall–Kier alpha value is -3.28. The zero-order valence-electron chi connectivity index (χ0n) is 20.0. The van der Waals surface area contributed by atoms with E-state index in [1.54, 1.807) is 0 Å². The molecular formula is C29H29F3N2O. The van der Waals surface area contributed by atoms with E-state index in [1.807, 2.05) is 14.0 Å². The quantitative estimate of drug-likeness (QED) is 0.291. The molecule has 1 aliphatic rings. The molecule has 0 aliphatic heterocycles. The molecular weight excluding hydrogens is 449 g/mol. The van der Waals surface area contributed by atoms with Gasteiger partial charge in [-0.15, -0.1) is 0 Å². The number of alkyl halides is 3. The maximum Gasteiger partial charge on any atom is 0.416 e. The molecule has 1 saturated carbocycles. The second kappa shape index (κ2) is 9.40. The number of aromatic nitrogens is 2. The van der Waals surface area contributed by atoms with Crippen LogP contribution in [0.2, 0.25) is 0 Å². The third-order valence-electron chi connectivity index (χ3n) is 7.27. The maximum atomic E-state index is 12.8. The molecule has 2 atom stereocenters. The van der Waals surface area contributed by atoms with Crippen molar-refractivity contribution in [3.63, 3.8) is 0 Å². The van der Waals surface area contributed by atoms with E-state index in [2.05, 4.69) is 52.0 Å². The summed E-state index contributed by atoms with van der Waals surface area (Å²) in [7, 11) is 2.03. The van der Waals surface area contributed by atoms with Crippen molar-refractivity contribution in [1.82, 2.24) is 9.55 Å². The highest BCUT2D eigenvalue weighted by Gasteiger charge is 2.30. The minimum Gasteiger partial charge on any atom is -0.493 e. The molecule has 4 aromatic rings. The average molecular weight is 479 g/mol. The number of rotatable bonds is 5. The number of aryl methyl sites for hydroxylation is 2. The Balaban J connectivity index is 1.22. The van der Waals surface area contributed by atoms with Crippen LogP contribution >= 0.6 is 0 Å². The van der Waals surface area contributed by atoms with Gasteiger partial charge in [0.05, 0.1) is 23.2 Å². The van der Waals surface area contributed by atoms with Gasteiger partial charge in [-0.3, -0.25) is 0 Å². The molecule has 1 fully saturated rings. The predicted molar refractivity (Wildman–Crippen MR) is 133 cm³/mol. The molecule has 0 radical (unpaired) electrons. The molecule has 35 heavy (non-hydrogen) atoms. The first-order chi connectivity index (χ1) is 16.8. The molecule has 1 aromatic heterocycles. The Morgan fingerprint density at radius 3 is 2.37 bits per heavy atom. The molecule has 182 valence electrons. The van der Waals surface area contributed by atoms with Gasteiger partial charge in [0, 0.05) is 7.05 Å². The Labute approximate surface area is 203 Å². The molecule has 5 rings (SSSR count). The van der Waals surface area contributed by atoms with Gasteiger partial charge in [0.2, 0.25) is 0 Å². The van der Waals surface area contributed by atoms with Crippen molar-refractivity contribution in [3.05, 3.63) is 83.7 Å². The zero-order chi connectivity index (χ0) is 24.6. The molecule has 2 unspecified atom stereocenters. The molecule has 6 heteroatoms. The van der Waals surface area contributed by atoms with Gasteiger partial charge in [0.25, 0.3) is 0 Å². The fourth-order valence-electron chi connectivity index (χ4n) is 5.15. The third-order valence-corrected chi connectivity index (χ3v) is 7.27. The summed E-state index contributed by atoms with van der Waals surface area (Å²) < 4.78 is 46.2. The first-order valence-corrected chi connectivity index (χ1v) is 12.1. The minimum atomic E-state index is -4.32. The van der Waals surface area contributed by atoms with Crippen LogP contribution in [0.15, 0.2) is 66.7 Å². The molecule has 1 aliphatic carbocycles. The molecule has 3 aromatic carbocycles. The SMILES string of the molecule is Cc1nc2cc(-c3ccc(C4CCCC(COc5ccc(C(F)(F)F)cc5)C4)cc3)ccc2n1C. The third kappa shape index (κ3) is 5.07. The van der Waals surface area contributed by atoms with Crippen molar-refractivity contribution in [2.75, 3.05) is 6.61 Å². The monoisotopic (exact) mass is 478 g/mol. The van der Waals surface area contributed by atoms with E-state index in [4.69, 9.17) is 4.74 Å². The van der Waals surface area contributed by atoms with E-state index in [-0.39, 0.29) is 0 Å². The van der Waals surface area contributed by atoms with Crippen LogP contribution in [0.5, 0.6) is 5.75 Å². The Bertz CT molecular complexity index is 1310. The molecule has 0 spiro atoms. The summed E-state index contributed by atoms with van der Waals surface area (Å²) in [5.41, 5.74) is 5.17. The van der Waals surface area contributed by atoms with Crippen molar-refractivity contribution in [3.8, 4) is 16.9 Å². The van der Waals surface area contributed by atoms with Crippen LogP contribution < -0.4 is 4.74 Å². The van der Waals surface area contributed by atoms with Gasteiger partial charge in [-0.2, -0.15) is 13.2 Å². The number of fused-ring (bicyclic) bond motifs is 1. The van der Waals surface area contributed by atoms with E-state index in [0.29, 0.717) is 24.2 Å². The Kier molecular flexibility index (Phi) is 6.30. The smallest absolute Gasteiger partial charge is 0.416 e. The fourth-order valence-corrected chi connectivity index (χ4v) is 5.15. The maximum absolute atomic E-state index is 12.8. The highest BCUT2D eigenvalue weighted by atomic mass is 19.4. The molecule has 0 N–H and O–H groups in total. The summed E-state index contributed by atoms with van der Waals surface area (Å²) in [6, 6.07) is 20.2. The second-order valence-corrected chi connectivity index (χ2v) is 9.61. The van der Waals surface area contributed by atoms with Gasteiger partial charge in [-0.25, -0.2) is 4.98 Å². The largest absolute Gasteiger partial charge is 0.493 e. The van der Waals surface area contributed by atoms with Gasteiger partial charge >= 0.3 is 6.18 Å². The number of nitrogens with zero attached hydrogens (tertiary/aromatic N) is 2. The predicted octanol–water partition coefficient (Wildman–Crippen LogP) is 7.92. The highest BCUT2D eigenvalue weighted by Crippen LogP contribution is 2.37. The van der Waals surface area contributed by atoms with Crippen LogP contribution in [-0.2, 0) is 13.2 Å². The standard InChI is InChI=1S/C29H29F3N2O/c1-19-33-27-17-24(10-15-28(27)34(19)2)22-8-6-21(7-9-22)23-5-3-4-20(16-23)18-35-26-13-11-25(12-14-26)29(30,31)32/h6-15,17,20,23H,3-5,16,18H2,1-2H3. The van der Waals surface area contributed by atoms with E-state index in [9.17, 15) is 13.2 Å². The normalized spacial score (nSPS) is 18.7. The lowest BCUT2D eigenvalue weighted by atomic mass is 9.78. The summed E-state index contributed by atoms with van der Waals surface area (Å²) in [6.07, 6.45) is 0.0607. The summed E-state index contributed by atoms with van der Waals surface area (Å²) >= 11 is 0. The Morgan fingerprint density at radius 2 is 1.66 bits per heavy atom. The summed E-state index contributed by atoms with van der Waals surface area (Å²) in [4.78, 5) is 4.65. The Morgan fingerprint density at radius 1 is 0.943 bits per heavy atom. The lowest BCUT2D eigenvalue weighted by molar-refractivity contribution is -0.137. The number of hydrogen-bond acceptors (Lipinski definition) is 2. The number of halogens is 3. The number of ether oxygens (including phenoxy) is 1. The van der Waals surface area contributed by atoms with Crippen LogP contribution in [0.25, 0.3) is 22.2 Å². The van der Waals surface area contributed by atoms with Crippen molar-refractivity contribution in [2.24, 2.45) is 13.0 Å². The van der Waals surface area contributed by atoms with Crippen molar-refractivity contribution in [2.45, 2.75) is 44.7 Å². The lowest BCUT2D eigenvalue weighted by Crippen LogP contribution is -2.20. The zero-order valence-corrected chi connectivity index (χ0v) is 20.0. The van der Waals surface area contributed by atoms with E-state index in [1.165, 1.54) is 23.3 Å². The number of benzene rings is 3. The van der Waals surface area contributed by atoms with Gasteiger partial charge in [-0.1, -0.05) is 36.8 Å². The summed E-state index contributed by atoms with van der Waals surface area (Å²) in [5.74, 6) is 2.36. The molecule has 0 saturated heterocycles. The van der Waals surface area contributed by atoms with Gasteiger partial charge in [0.15, 0.2) is 0 Å². The van der Waals surface area contributed by atoms with E-state index < -0.39 is 11.7 Å². The fraction of sp³-hybridized carbons (Fsp3) is 0.345. The van der Waals surface area contributed by atoms with Crippen molar-refractivity contribution in [1.29, 1.82) is 0 Å². The van der Waals surface area contributed by atoms with Crippen molar-refractivity contribution >= 4 is 11.0 Å². The summed E-state index contributed by atoms with van der Waals surface area (Å²) in [5, 5.41) is 0. The first-order valence-electron chi connectivity index (χ1n) is 12.1. The lowest BCUT2D eigenvalue weighted by Gasteiger charge is -2.29. The molecule has 3 nitrogen and oxygen atoms in total.